The van der Waals surface area contributed by atoms with Gasteiger partial charge in [0.05, 0.1) is 6.61 Å². The van der Waals surface area contributed by atoms with Crippen molar-refractivity contribution in [2.75, 3.05) is 39.2 Å². The molecule has 0 amide bonds. The average molecular weight is 517 g/mol. The fraction of sp³-hybridized carbons (Fsp3) is 0.550. The van der Waals surface area contributed by atoms with Gasteiger partial charge in [-0.15, -0.1) is 24.0 Å². The average Bonchev–Trinajstić information content (AvgIpc) is 3.17. The number of aliphatic imine (C=N–C) groups is 1. The van der Waals surface area contributed by atoms with Gasteiger partial charge in [-0.1, -0.05) is 25.1 Å². The Morgan fingerprint density at radius 2 is 2.07 bits per heavy atom. The van der Waals surface area contributed by atoms with Crippen LogP contribution >= 0.6 is 24.0 Å². The second kappa shape index (κ2) is 14.2. The highest BCUT2D eigenvalue weighted by molar-refractivity contribution is 14.0. The minimum atomic E-state index is 0. The molecule has 1 aromatic heterocycles. The fourth-order valence-corrected chi connectivity index (χ4v) is 2.42. The zero-order valence-electron chi connectivity index (χ0n) is 17.6. The molecule has 0 atom stereocenters. The molecule has 0 aliphatic carbocycles. The molecule has 2 N–H and O–H groups in total. The van der Waals surface area contributed by atoms with E-state index in [0.717, 1.165) is 43.1 Å². The maximum atomic E-state index is 5.73. The van der Waals surface area contributed by atoms with Crippen LogP contribution in [0.25, 0.3) is 0 Å². The monoisotopic (exact) mass is 517 g/mol. The molecule has 0 aliphatic rings. The summed E-state index contributed by atoms with van der Waals surface area (Å²) < 4.78 is 16.0. The van der Waals surface area contributed by atoms with Gasteiger partial charge in [-0.05, 0) is 18.6 Å². The van der Waals surface area contributed by atoms with E-state index in [9.17, 15) is 0 Å². The molecule has 0 radical (unpaired) electrons. The van der Waals surface area contributed by atoms with Crippen LogP contribution in [0, 0.1) is 0 Å². The van der Waals surface area contributed by atoms with Crippen LogP contribution in [0.4, 0.5) is 5.69 Å². The van der Waals surface area contributed by atoms with Gasteiger partial charge in [0.2, 0.25) is 5.89 Å². The van der Waals surface area contributed by atoms with Crippen LogP contribution in [0.2, 0.25) is 0 Å². The Morgan fingerprint density at radius 1 is 1.24 bits per heavy atom. The predicted molar refractivity (Wildman–Crippen MR) is 126 cm³/mol. The summed E-state index contributed by atoms with van der Waals surface area (Å²) in [6.07, 6.45) is 2.45. The lowest BCUT2D eigenvalue weighted by molar-refractivity contribution is 0.172. The molecule has 0 bridgehead atoms. The Kier molecular flexibility index (Phi) is 12.3. The number of benzene rings is 1. The van der Waals surface area contributed by atoms with Crippen LogP contribution < -0.4 is 15.4 Å². The van der Waals surface area contributed by atoms with Gasteiger partial charge in [0.25, 0.3) is 0 Å². The van der Waals surface area contributed by atoms with E-state index in [4.69, 9.17) is 14.0 Å². The maximum Gasteiger partial charge on any atom is 0.226 e. The number of nitrogens with zero attached hydrogens (tertiary/aromatic N) is 3. The van der Waals surface area contributed by atoms with Crippen molar-refractivity contribution < 1.29 is 14.0 Å². The van der Waals surface area contributed by atoms with Crippen LogP contribution in [0.5, 0.6) is 5.75 Å². The van der Waals surface area contributed by atoms with E-state index in [-0.39, 0.29) is 29.9 Å². The summed E-state index contributed by atoms with van der Waals surface area (Å²) >= 11 is 0. The van der Waals surface area contributed by atoms with Crippen molar-refractivity contribution in [3.8, 4) is 5.75 Å². The predicted octanol–water partition coefficient (Wildman–Crippen LogP) is 3.85. The smallest absolute Gasteiger partial charge is 0.226 e. The first-order valence-corrected chi connectivity index (χ1v) is 9.64. The summed E-state index contributed by atoms with van der Waals surface area (Å²) in [5.41, 5.74) is 0.913. The molecule has 1 aromatic carbocycles. The lowest BCUT2D eigenvalue weighted by Crippen LogP contribution is -2.31. The molecule has 9 heteroatoms. The number of hydrogen-bond acceptors (Lipinski definition) is 6. The van der Waals surface area contributed by atoms with Crippen LogP contribution in [-0.2, 0) is 11.2 Å². The van der Waals surface area contributed by atoms with Gasteiger partial charge in [0.15, 0.2) is 11.8 Å². The Balaban J connectivity index is 0.00000420. The van der Waals surface area contributed by atoms with Crippen LogP contribution in [0.15, 0.2) is 33.8 Å². The van der Waals surface area contributed by atoms with Gasteiger partial charge in [-0.3, -0.25) is 4.99 Å². The van der Waals surface area contributed by atoms with Gasteiger partial charge in [-0.25, -0.2) is 0 Å². The van der Waals surface area contributed by atoms with Crippen molar-refractivity contribution >= 4 is 35.6 Å². The number of ether oxygens (including phenoxy) is 2. The maximum absolute atomic E-state index is 5.73. The molecule has 0 aliphatic heterocycles. The number of guanidine groups is 1. The molecule has 162 valence electrons. The van der Waals surface area contributed by atoms with Crippen molar-refractivity contribution in [2.24, 2.45) is 4.99 Å². The number of rotatable bonds is 11. The first-order chi connectivity index (χ1) is 13.6. The van der Waals surface area contributed by atoms with Crippen molar-refractivity contribution in [2.45, 2.75) is 39.0 Å². The van der Waals surface area contributed by atoms with Gasteiger partial charge >= 0.3 is 0 Å². The molecule has 2 rings (SSSR count). The van der Waals surface area contributed by atoms with Gasteiger partial charge in [-0.2, -0.15) is 4.98 Å². The molecular formula is C20H32IN5O3. The summed E-state index contributed by atoms with van der Waals surface area (Å²) in [4.78, 5) is 8.64. The normalized spacial score (nSPS) is 11.3. The van der Waals surface area contributed by atoms with Crippen LogP contribution in [0.1, 0.15) is 44.3 Å². The summed E-state index contributed by atoms with van der Waals surface area (Å²) in [7, 11) is 3.43. The first kappa shape index (κ1) is 25.2. The van der Waals surface area contributed by atoms with E-state index in [1.54, 1.807) is 14.2 Å². The minimum Gasteiger partial charge on any atom is -0.493 e. The molecule has 1 heterocycles. The Labute approximate surface area is 189 Å². The number of halogens is 1. The van der Waals surface area contributed by atoms with E-state index in [0.29, 0.717) is 25.1 Å². The lowest BCUT2D eigenvalue weighted by Gasteiger charge is -2.13. The largest absolute Gasteiger partial charge is 0.493 e. The molecule has 0 saturated carbocycles. The topological polar surface area (TPSA) is 93.8 Å². The molecule has 0 saturated heterocycles. The number of methoxy groups -OCH3 is 1. The number of aryl methyl sites for hydroxylation is 1. The third-order valence-corrected chi connectivity index (χ3v) is 3.94. The minimum absolute atomic E-state index is 0. The van der Waals surface area contributed by atoms with E-state index in [1.807, 2.05) is 38.1 Å². The highest BCUT2D eigenvalue weighted by atomic mass is 127. The summed E-state index contributed by atoms with van der Waals surface area (Å²) in [6.45, 7) is 6.15. The number of aromatic nitrogens is 2. The lowest BCUT2D eigenvalue weighted by atomic mass is 10.2. The van der Waals surface area contributed by atoms with Crippen molar-refractivity contribution in [3.05, 3.63) is 36.0 Å². The molecule has 8 nitrogen and oxygen atoms in total. The second-order valence-corrected chi connectivity index (χ2v) is 6.65. The Bertz CT molecular complexity index is 736. The van der Waals surface area contributed by atoms with Crippen LogP contribution in [-0.4, -0.2) is 50.0 Å². The highest BCUT2D eigenvalue weighted by Crippen LogP contribution is 2.17. The first-order valence-electron chi connectivity index (χ1n) is 9.64. The quantitative estimate of drug-likeness (QED) is 0.203. The van der Waals surface area contributed by atoms with E-state index in [1.165, 1.54) is 0 Å². The summed E-state index contributed by atoms with van der Waals surface area (Å²) in [6, 6.07) is 7.80. The Morgan fingerprint density at radius 3 is 2.76 bits per heavy atom. The third-order valence-electron chi connectivity index (χ3n) is 3.94. The van der Waals surface area contributed by atoms with Crippen molar-refractivity contribution in [1.29, 1.82) is 0 Å². The molecule has 0 fully saturated rings. The number of nitrogens with one attached hydrogen (secondary N) is 2. The molecular weight excluding hydrogens is 485 g/mol. The SMILES string of the molecule is CN=C(NCCCc1nc(C(C)C)no1)Nc1cccc(OCCCOC)c1.I. The van der Waals surface area contributed by atoms with Gasteiger partial charge < -0.3 is 24.6 Å². The molecule has 0 unspecified atom stereocenters. The van der Waals surface area contributed by atoms with E-state index in [2.05, 4.69) is 25.8 Å². The Hall–Kier alpha value is -1.88. The molecule has 0 spiro atoms. The second-order valence-electron chi connectivity index (χ2n) is 6.65. The zero-order chi connectivity index (χ0) is 20.2. The van der Waals surface area contributed by atoms with Crippen molar-refractivity contribution in [1.82, 2.24) is 15.5 Å². The zero-order valence-corrected chi connectivity index (χ0v) is 19.9. The fourth-order valence-electron chi connectivity index (χ4n) is 2.42. The standard InChI is InChI=1S/C20H31N5O3.HI/c1-15(2)19-24-18(28-25-19)10-6-11-22-20(21-3)23-16-8-5-9-17(14-16)27-13-7-12-26-4;/h5,8-9,14-15H,6-7,10-13H2,1-4H3,(H2,21,22,23);1H. The number of anilines is 1. The van der Waals surface area contributed by atoms with E-state index < -0.39 is 0 Å². The van der Waals surface area contributed by atoms with Gasteiger partial charge in [0, 0.05) is 57.8 Å². The van der Waals surface area contributed by atoms with E-state index >= 15 is 0 Å². The van der Waals surface area contributed by atoms with Crippen LogP contribution in [0.3, 0.4) is 0 Å². The third kappa shape index (κ3) is 9.44. The summed E-state index contributed by atoms with van der Waals surface area (Å²) in [5.74, 6) is 3.22. The number of hydrogen-bond donors (Lipinski definition) is 2. The van der Waals surface area contributed by atoms with Crippen molar-refractivity contribution in [3.63, 3.8) is 0 Å². The molecule has 29 heavy (non-hydrogen) atoms. The molecule has 2 aromatic rings. The van der Waals surface area contributed by atoms with Gasteiger partial charge in [0.1, 0.15) is 5.75 Å². The highest BCUT2D eigenvalue weighted by Gasteiger charge is 2.09. The summed E-state index contributed by atoms with van der Waals surface area (Å²) in [5, 5.41) is 10.5.